The number of piperidine rings is 1. The number of nitrogens with zero attached hydrogens (tertiary/aromatic N) is 1. The molecule has 1 N–H and O–H groups in total. The highest BCUT2D eigenvalue weighted by molar-refractivity contribution is 5.52. The summed E-state index contributed by atoms with van der Waals surface area (Å²) in [7, 11) is 2.03. The van der Waals surface area contributed by atoms with E-state index in [2.05, 4.69) is 42.3 Å². The van der Waals surface area contributed by atoms with Crippen molar-refractivity contribution in [1.29, 1.82) is 0 Å². The molecule has 4 rings (SSSR count). The molecule has 2 bridgehead atoms. The van der Waals surface area contributed by atoms with Crippen LogP contribution in [-0.2, 0) is 11.8 Å². The number of hydrogen-bond acceptors (Lipinski definition) is 2. The van der Waals surface area contributed by atoms with Crippen molar-refractivity contribution in [2.24, 2.45) is 11.8 Å². The highest BCUT2D eigenvalue weighted by Gasteiger charge is 2.48. The number of likely N-dealkylation sites (tertiary alicyclic amines) is 1. The zero-order valence-corrected chi connectivity index (χ0v) is 13.7. The van der Waals surface area contributed by atoms with E-state index < -0.39 is 0 Å². The molecule has 1 heterocycles. The van der Waals surface area contributed by atoms with Crippen LogP contribution < -0.4 is 5.32 Å². The van der Waals surface area contributed by atoms with Gasteiger partial charge in [-0.2, -0.15) is 0 Å². The lowest BCUT2D eigenvalue weighted by Crippen LogP contribution is -2.58. The van der Waals surface area contributed by atoms with E-state index >= 15 is 0 Å². The second-order valence-electron chi connectivity index (χ2n) is 7.79. The third-order valence-electron chi connectivity index (χ3n) is 6.60. The lowest BCUT2D eigenvalue weighted by Gasteiger charge is -2.55. The molecule has 0 amide bonds. The molecule has 1 aliphatic heterocycles. The van der Waals surface area contributed by atoms with Gasteiger partial charge in [0.2, 0.25) is 0 Å². The molecule has 0 radical (unpaired) electrons. The molecule has 2 aliphatic carbocycles. The van der Waals surface area contributed by atoms with Gasteiger partial charge in [-0.1, -0.05) is 19.9 Å². The predicted molar refractivity (Wildman–Crippen MR) is 88.9 cm³/mol. The maximum Gasteiger partial charge on any atom is 0.0340 e. The highest BCUT2D eigenvalue weighted by Crippen LogP contribution is 2.49. The van der Waals surface area contributed by atoms with Crippen molar-refractivity contribution >= 4 is 5.69 Å². The maximum absolute atomic E-state index is 3.32. The van der Waals surface area contributed by atoms with Crippen LogP contribution in [0.15, 0.2) is 18.2 Å². The lowest BCUT2D eigenvalue weighted by molar-refractivity contribution is 0.0284. The maximum atomic E-state index is 3.32. The van der Waals surface area contributed by atoms with E-state index in [1.807, 2.05) is 7.05 Å². The minimum atomic E-state index is 0.366. The predicted octanol–water partition coefficient (Wildman–Crippen LogP) is 3.66. The summed E-state index contributed by atoms with van der Waals surface area (Å²) < 4.78 is 0. The van der Waals surface area contributed by atoms with E-state index in [9.17, 15) is 0 Å². The minimum Gasteiger partial charge on any atom is -0.388 e. The lowest BCUT2D eigenvalue weighted by atomic mass is 9.59. The van der Waals surface area contributed by atoms with Crippen molar-refractivity contribution < 1.29 is 0 Å². The van der Waals surface area contributed by atoms with Gasteiger partial charge in [-0.25, -0.2) is 0 Å². The van der Waals surface area contributed by atoms with Gasteiger partial charge in [0.1, 0.15) is 0 Å². The van der Waals surface area contributed by atoms with Crippen LogP contribution in [0.1, 0.15) is 44.2 Å². The number of fused-ring (bicyclic) bond motifs is 4. The van der Waals surface area contributed by atoms with E-state index in [1.165, 1.54) is 44.5 Å². The minimum absolute atomic E-state index is 0.366. The third-order valence-corrected chi connectivity index (χ3v) is 6.60. The Morgan fingerprint density at radius 1 is 1.33 bits per heavy atom. The van der Waals surface area contributed by atoms with Crippen LogP contribution in [0.25, 0.3) is 0 Å². The van der Waals surface area contributed by atoms with E-state index in [0.717, 1.165) is 17.9 Å². The van der Waals surface area contributed by atoms with Crippen LogP contribution in [0.3, 0.4) is 0 Å². The molecule has 1 saturated heterocycles. The molecule has 2 nitrogen and oxygen atoms in total. The zero-order valence-electron chi connectivity index (χ0n) is 13.7. The normalized spacial score (nSPS) is 35.4. The van der Waals surface area contributed by atoms with Gasteiger partial charge in [-0.05, 0) is 72.7 Å². The molecule has 1 aromatic rings. The smallest absolute Gasteiger partial charge is 0.0340 e. The van der Waals surface area contributed by atoms with Gasteiger partial charge >= 0.3 is 0 Å². The van der Waals surface area contributed by atoms with Gasteiger partial charge in [0.05, 0.1) is 0 Å². The Morgan fingerprint density at radius 2 is 2.14 bits per heavy atom. The zero-order chi connectivity index (χ0) is 14.6. The highest BCUT2D eigenvalue weighted by atomic mass is 15.2. The third kappa shape index (κ3) is 2.11. The van der Waals surface area contributed by atoms with E-state index in [0.29, 0.717) is 5.41 Å². The summed E-state index contributed by atoms with van der Waals surface area (Å²) in [5, 5.41) is 3.32. The Morgan fingerprint density at radius 3 is 2.86 bits per heavy atom. The van der Waals surface area contributed by atoms with Crippen molar-refractivity contribution in [3.63, 3.8) is 0 Å². The van der Waals surface area contributed by atoms with Crippen LogP contribution in [-0.4, -0.2) is 31.1 Å². The Bertz CT molecular complexity index is 548. The Kier molecular flexibility index (Phi) is 3.08. The molecule has 2 fully saturated rings. The Hall–Kier alpha value is -1.02. The van der Waals surface area contributed by atoms with Crippen LogP contribution in [0, 0.1) is 11.8 Å². The fourth-order valence-electron chi connectivity index (χ4n) is 4.72. The Balaban J connectivity index is 1.70. The first-order valence-corrected chi connectivity index (χ1v) is 8.67. The number of rotatable bonds is 3. The van der Waals surface area contributed by atoms with Gasteiger partial charge in [-0.15, -0.1) is 0 Å². The number of hydrogen-bond donors (Lipinski definition) is 1. The summed E-state index contributed by atoms with van der Waals surface area (Å²) in [5.74, 6) is 1.78. The summed E-state index contributed by atoms with van der Waals surface area (Å²) in [6.45, 7) is 7.66. The fraction of sp³-hybridized carbons (Fsp3) is 0.684. The molecular formula is C19H28N2. The summed E-state index contributed by atoms with van der Waals surface area (Å²) in [5.41, 5.74) is 4.84. The molecule has 21 heavy (non-hydrogen) atoms. The molecular weight excluding hydrogens is 256 g/mol. The van der Waals surface area contributed by atoms with Gasteiger partial charge in [0.25, 0.3) is 0 Å². The fourth-order valence-corrected chi connectivity index (χ4v) is 4.72. The number of anilines is 1. The molecule has 0 aromatic heterocycles. The largest absolute Gasteiger partial charge is 0.388 e. The topological polar surface area (TPSA) is 15.3 Å². The second kappa shape index (κ2) is 4.74. The molecule has 0 spiro atoms. The Labute approximate surface area is 128 Å². The SMILES string of the molecule is CNc1ccc2c(c1)[C@]1(C)CCN(CC3CC3)[C@H](C2)C1C. The van der Waals surface area contributed by atoms with Crippen molar-refractivity contribution in [3.05, 3.63) is 29.3 Å². The van der Waals surface area contributed by atoms with Crippen molar-refractivity contribution in [1.82, 2.24) is 4.90 Å². The van der Waals surface area contributed by atoms with Crippen LogP contribution in [0.5, 0.6) is 0 Å². The van der Waals surface area contributed by atoms with Crippen molar-refractivity contribution in [3.8, 4) is 0 Å². The van der Waals surface area contributed by atoms with E-state index in [1.54, 1.807) is 11.1 Å². The second-order valence-corrected chi connectivity index (χ2v) is 7.79. The number of nitrogens with one attached hydrogen (secondary N) is 1. The average Bonchev–Trinajstić information content (AvgIpc) is 3.30. The first-order chi connectivity index (χ1) is 10.1. The summed E-state index contributed by atoms with van der Waals surface area (Å²) >= 11 is 0. The summed E-state index contributed by atoms with van der Waals surface area (Å²) in [6.07, 6.45) is 5.51. The van der Waals surface area contributed by atoms with Crippen molar-refractivity contribution in [2.75, 3.05) is 25.5 Å². The summed E-state index contributed by atoms with van der Waals surface area (Å²) in [6, 6.07) is 7.80. The van der Waals surface area contributed by atoms with Gasteiger partial charge in [0, 0.05) is 25.3 Å². The van der Waals surface area contributed by atoms with Crippen LogP contribution in [0.2, 0.25) is 0 Å². The van der Waals surface area contributed by atoms with E-state index in [-0.39, 0.29) is 0 Å². The van der Waals surface area contributed by atoms with Gasteiger partial charge in [0.15, 0.2) is 0 Å². The first kappa shape index (κ1) is 13.6. The molecule has 2 heteroatoms. The van der Waals surface area contributed by atoms with Crippen LogP contribution in [0.4, 0.5) is 5.69 Å². The molecule has 3 aliphatic rings. The molecule has 114 valence electrons. The quantitative estimate of drug-likeness (QED) is 0.911. The van der Waals surface area contributed by atoms with Gasteiger partial charge in [-0.3, -0.25) is 4.90 Å². The first-order valence-electron chi connectivity index (χ1n) is 8.67. The molecule has 1 unspecified atom stereocenters. The van der Waals surface area contributed by atoms with E-state index in [4.69, 9.17) is 0 Å². The number of benzene rings is 1. The van der Waals surface area contributed by atoms with Gasteiger partial charge < -0.3 is 5.32 Å². The van der Waals surface area contributed by atoms with Crippen molar-refractivity contribution in [2.45, 2.75) is 51.0 Å². The molecule has 3 atom stereocenters. The molecule has 1 saturated carbocycles. The summed E-state index contributed by atoms with van der Waals surface area (Å²) in [4.78, 5) is 2.82. The molecule has 1 aromatic carbocycles. The average molecular weight is 284 g/mol. The standard InChI is InChI=1S/C19H28N2/c1-13-18-10-15-6-7-16(20-3)11-17(15)19(13,2)8-9-21(18)12-14-4-5-14/h6-7,11,13-14,18,20H,4-5,8-10,12H2,1-3H3/t13?,18-,19-/m1/s1. The monoisotopic (exact) mass is 284 g/mol. The van der Waals surface area contributed by atoms with Crippen LogP contribution >= 0.6 is 0 Å².